The maximum atomic E-state index is 13.2. The summed E-state index contributed by atoms with van der Waals surface area (Å²) in [7, 11) is 3.23. The molecule has 5 nitrogen and oxygen atoms in total. The summed E-state index contributed by atoms with van der Waals surface area (Å²) in [4.78, 5) is 13.2. The number of methoxy groups -OCH3 is 2. The average Bonchev–Trinajstić information content (AvgIpc) is 2.80. The second kappa shape index (κ2) is 9.78. The van der Waals surface area contributed by atoms with Gasteiger partial charge in [-0.25, -0.2) is 0 Å². The normalized spacial score (nSPS) is 19.8. The predicted octanol–water partition coefficient (Wildman–Crippen LogP) is 5.74. The van der Waals surface area contributed by atoms with E-state index in [1.807, 2.05) is 43.3 Å². The van der Waals surface area contributed by atoms with Crippen LogP contribution in [0, 0.1) is 18.8 Å². The lowest BCUT2D eigenvalue weighted by Gasteiger charge is -2.29. The molecule has 1 N–H and O–H groups in total. The van der Waals surface area contributed by atoms with E-state index >= 15 is 0 Å². The maximum Gasteiger partial charge on any atom is 0.167 e. The van der Waals surface area contributed by atoms with Crippen molar-refractivity contribution in [3.05, 3.63) is 53.3 Å². The molecule has 2 aliphatic rings. The van der Waals surface area contributed by atoms with Crippen LogP contribution in [-0.2, 0) is 9.53 Å². The van der Waals surface area contributed by atoms with Crippen LogP contribution in [-0.4, -0.2) is 38.3 Å². The Hall–Kier alpha value is -2.79. The van der Waals surface area contributed by atoms with Crippen molar-refractivity contribution in [2.75, 3.05) is 27.4 Å². The zero-order valence-electron chi connectivity index (χ0n) is 19.1. The first-order valence-corrected chi connectivity index (χ1v) is 11.4. The van der Waals surface area contributed by atoms with E-state index in [0.717, 1.165) is 54.7 Å². The molecule has 1 unspecified atom stereocenters. The Balaban J connectivity index is 1.62. The number of hydrogen-bond acceptors (Lipinski definition) is 5. The van der Waals surface area contributed by atoms with Crippen LogP contribution in [0.3, 0.4) is 0 Å². The average molecular weight is 437 g/mol. The Labute approximate surface area is 190 Å². The first-order chi connectivity index (χ1) is 15.5. The third-order valence-corrected chi connectivity index (χ3v) is 6.75. The van der Waals surface area contributed by atoms with Crippen LogP contribution in [0.5, 0.6) is 11.5 Å². The van der Waals surface area contributed by atoms with Gasteiger partial charge in [0.2, 0.25) is 0 Å². The van der Waals surface area contributed by atoms with Gasteiger partial charge >= 0.3 is 0 Å². The van der Waals surface area contributed by atoms with Crippen LogP contribution >= 0.6 is 0 Å². The lowest BCUT2D eigenvalue weighted by atomic mass is 9.77. The van der Waals surface area contributed by atoms with Crippen molar-refractivity contribution in [3.8, 4) is 22.6 Å². The van der Waals surface area contributed by atoms with Gasteiger partial charge in [0, 0.05) is 26.1 Å². The van der Waals surface area contributed by atoms with Gasteiger partial charge in [0.15, 0.2) is 17.3 Å². The molecule has 32 heavy (non-hydrogen) atoms. The number of benzene rings is 2. The van der Waals surface area contributed by atoms with Crippen LogP contribution < -0.4 is 9.47 Å². The molecular weight excluding hydrogens is 404 g/mol. The molecule has 1 aliphatic heterocycles. The minimum Gasteiger partial charge on any atom is -0.512 e. The van der Waals surface area contributed by atoms with E-state index < -0.39 is 0 Å². The maximum absolute atomic E-state index is 13.2. The van der Waals surface area contributed by atoms with E-state index in [9.17, 15) is 9.90 Å². The number of aliphatic hydroxyl groups is 1. The van der Waals surface area contributed by atoms with Gasteiger partial charge in [0.05, 0.1) is 19.8 Å². The van der Waals surface area contributed by atoms with E-state index in [0.29, 0.717) is 35.8 Å². The highest BCUT2D eigenvalue weighted by atomic mass is 16.5. The third-order valence-electron chi connectivity index (χ3n) is 6.75. The number of aliphatic hydroxyl groups excluding tert-OH is 1. The highest BCUT2D eigenvalue weighted by Gasteiger charge is 2.31. The molecule has 1 fully saturated rings. The van der Waals surface area contributed by atoms with Gasteiger partial charge in [0.25, 0.3) is 0 Å². The van der Waals surface area contributed by atoms with E-state index in [-0.39, 0.29) is 17.5 Å². The molecule has 4 rings (SSSR count). The van der Waals surface area contributed by atoms with Crippen LogP contribution in [0.4, 0.5) is 0 Å². The van der Waals surface area contributed by atoms with Gasteiger partial charge in [-0.3, -0.25) is 4.79 Å². The lowest BCUT2D eigenvalue weighted by Crippen LogP contribution is -2.24. The summed E-state index contributed by atoms with van der Waals surface area (Å²) in [5.41, 5.74) is 4.19. The molecule has 1 aliphatic carbocycles. The fraction of sp³-hybridized carbons (Fsp3) is 0.444. The number of ether oxygens (including phenoxy) is 3. The molecule has 2 aromatic carbocycles. The molecule has 5 heteroatoms. The molecule has 0 spiro atoms. The van der Waals surface area contributed by atoms with Crippen molar-refractivity contribution in [1.29, 1.82) is 0 Å². The smallest absolute Gasteiger partial charge is 0.167 e. The second-order valence-electron chi connectivity index (χ2n) is 8.91. The first kappa shape index (κ1) is 22.4. The number of Topliss-reactive ketones (excluding diaryl/α,β-unsaturated/α-hetero) is 1. The Kier molecular flexibility index (Phi) is 6.85. The van der Waals surface area contributed by atoms with Gasteiger partial charge in [-0.1, -0.05) is 18.2 Å². The molecule has 1 saturated heterocycles. The number of carbonyl (C=O) groups excluding carboxylic acids is 1. The Morgan fingerprint density at radius 1 is 0.938 bits per heavy atom. The van der Waals surface area contributed by atoms with Gasteiger partial charge in [-0.15, -0.1) is 0 Å². The second-order valence-corrected chi connectivity index (χ2v) is 8.91. The van der Waals surface area contributed by atoms with Crippen LogP contribution in [0.15, 0.2) is 42.2 Å². The largest absolute Gasteiger partial charge is 0.512 e. The minimum absolute atomic E-state index is 0.0402. The lowest BCUT2D eigenvalue weighted by molar-refractivity contribution is -0.115. The fourth-order valence-electron chi connectivity index (χ4n) is 4.99. The Morgan fingerprint density at radius 2 is 1.62 bits per heavy atom. The molecule has 0 aromatic heterocycles. The summed E-state index contributed by atoms with van der Waals surface area (Å²) in [6.45, 7) is 3.59. The zero-order chi connectivity index (χ0) is 22.7. The number of ketones is 1. The van der Waals surface area contributed by atoms with Crippen LogP contribution in [0.25, 0.3) is 16.7 Å². The van der Waals surface area contributed by atoms with Crippen molar-refractivity contribution in [3.63, 3.8) is 0 Å². The molecule has 2 aromatic rings. The Bertz CT molecular complexity index is 1020. The standard InChI is InChI=1S/C27H32O5/c1-17-4-5-20(21-6-7-25(30-2)26(16-21)31-3)15-22(17)27-23(28)13-19(14-24(27)29)12-18-8-10-32-11-9-18/h4-7,15-16,18-19,28H,8-14H2,1-3H3. The molecule has 170 valence electrons. The number of carbonyl (C=O) groups is 1. The van der Waals surface area contributed by atoms with Crippen molar-refractivity contribution >= 4 is 11.4 Å². The van der Waals surface area contributed by atoms with E-state index in [1.165, 1.54) is 0 Å². The summed E-state index contributed by atoms with van der Waals surface area (Å²) in [5.74, 6) is 2.39. The molecule has 1 heterocycles. The highest BCUT2D eigenvalue weighted by Crippen LogP contribution is 2.39. The summed E-state index contributed by atoms with van der Waals surface area (Å²) in [6.07, 6.45) is 4.15. The fourth-order valence-corrected chi connectivity index (χ4v) is 4.99. The minimum atomic E-state index is 0.0402. The molecule has 0 bridgehead atoms. The number of rotatable bonds is 6. The predicted molar refractivity (Wildman–Crippen MR) is 125 cm³/mol. The molecule has 1 atom stereocenters. The molecule has 0 amide bonds. The first-order valence-electron chi connectivity index (χ1n) is 11.4. The SMILES string of the molecule is COc1ccc(-c2ccc(C)c(C3=C(O)CC(CC4CCOCC4)CC3=O)c2)cc1OC. The molecule has 0 saturated carbocycles. The van der Waals surface area contributed by atoms with Gasteiger partial charge in [0.1, 0.15) is 5.76 Å². The Morgan fingerprint density at radius 3 is 2.31 bits per heavy atom. The van der Waals surface area contributed by atoms with Crippen molar-refractivity contribution in [2.45, 2.75) is 39.0 Å². The van der Waals surface area contributed by atoms with Crippen molar-refractivity contribution in [1.82, 2.24) is 0 Å². The highest BCUT2D eigenvalue weighted by molar-refractivity contribution is 6.22. The number of hydrogen-bond donors (Lipinski definition) is 1. The van der Waals surface area contributed by atoms with Crippen LogP contribution in [0.1, 0.15) is 43.2 Å². The zero-order valence-corrected chi connectivity index (χ0v) is 19.1. The van der Waals surface area contributed by atoms with Crippen molar-refractivity contribution in [2.24, 2.45) is 11.8 Å². The van der Waals surface area contributed by atoms with Gasteiger partial charge < -0.3 is 19.3 Å². The number of allylic oxidation sites excluding steroid dienone is 2. The van der Waals surface area contributed by atoms with Crippen LogP contribution in [0.2, 0.25) is 0 Å². The molecule has 0 radical (unpaired) electrons. The van der Waals surface area contributed by atoms with Gasteiger partial charge in [-0.05, 0) is 78.5 Å². The third kappa shape index (κ3) is 4.68. The summed E-state index contributed by atoms with van der Waals surface area (Å²) < 4.78 is 16.2. The van der Waals surface area contributed by atoms with E-state index in [1.54, 1.807) is 14.2 Å². The quantitative estimate of drug-likeness (QED) is 0.625. The number of aryl methyl sites for hydroxylation is 1. The molecular formula is C27H32O5. The summed E-state index contributed by atoms with van der Waals surface area (Å²) in [5, 5.41) is 10.9. The summed E-state index contributed by atoms with van der Waals surface area (Å²) in [6, 6.07) is 11.8. The monoisotopic (exact) mass is 436 g/mol. The van der Waals surface area contributed by atoms with E-state index in [2.05, 4.69) is 0 Å². The topological polar surface area (TPSA) is 65.0 Å². The van der Waals surface area contributed by atoms with Gasteiger partial charge in [-0.2, -0.15) is 0 Å². The summed E-state index contributed by atoms with van der Waals surface area (Å²) >= 11 is 0. The van der Waals surface area contributed by atoms with E-state index in [4.69, 9.17) is 14.2 Å². The van der Waals surface area contributed by atoms with Crippen molar-refractivity contribution < 1.29 is 24.1 Å².